The summed E-state index contributed by atoms with van der Waals surface area (Å²) < 4.78 is 128. The van der Waals surface area contributed by atoms with Crippen LogP contribution in [0.5, 0.6) is 0 Å². The monoisotopic (exact) mass is 1980 g/mol. The van der Waals surface area contributed by atoms with Gasteiger partial charge in [0.15, 0.2) is 29.4 Å². The molecule has 125 heavy (non-hydrogen) atoms. The molecule has 6 fully saturated rings. The van der Waals surface area contributed by atoms with Crippen molar-refractivity contribution in [2.45, 2.75) is 190 Å². The number of imidazole rings is 2. The van der Waals surface area contributed by atoms with Gasteiger partial charge in [0.05, 0.1) is 88.4 Å². The van der Waals surface area contributed by atoms with Crippen LogP contribution < -0.4 is 86.5 Å². The van der Waals surface area contributed by atoms with Crippen LogP contribution in [0.25, 0.3) is 22.3 Å². The fraction of sp³-hybridized carbons (Fsp3) is 0.581. The average molecular weight is 1980 g/mol. The molecule has 12 unspecified atom stereocenters. The van der Waals surface area contributed by atoms with Gasteiger partial charge in [-0.05, 0) is 34.1 Å². The van der Waals surface area contributed by atoms with Crippen LogP contribution in [0.4, 0.5) is 11.8 Å². The molecule has 9 N–H and O–H groups in total. The number of nitrogens with two attached hydrogens (primary N) is 2. The Labute approximate surface area is 731 Å². The van der Waals surface area contributed by atoms with Crippen LogP contribution >= 0.6 is 40.4 Å². The van der Waals surface area contributed by atoms with E-state index in [9.17, 15) is 72.2 Å². The molecule has 684 valence electrons. The molecule has 6 aliphatic heterocycles. The minimum atomic E-state index is -5.03. The lowest BCUT2D eigenvalue weighted by Crippen LogP contribution is -2.34. The highest BCUT2D eigenvalue weighted by molar-refractivity contribution is 8.32. The largest absolute Gasteiger partial charge is 0.780 e. The van der Waals surface area contributed by atoms with Crippen LogP contribution in [0.2, 0.25) is 0 Å². The van der Waals surface area contributed by atoms with E-state index in [0.717, 1.165) is 44.1 Å². The van der Waals surface area contributed by atoms with Crippen LogP contribution in [0.15, 0.2) is 86.9 Å². The molecule has 6 aliphatic rings. The van der Waals surface area contributed by atoms with Gasteiger partial charge >= 0.3 is 22.8 Å². The van der Waals surface area contributed by atoms with Crippen molar-refractivity contribution in [3.63, 3.8) is 0 Å². The van der Waals surface area contributed by atoms with Crippen LogP contribution in [0.1, 0.15) is 111 Å². The number of hydrogen-bond donors (Lipinski definition) is 7. The molecule has 14 rings (SSSR count). The minimum Gasteiger partial charge on any atom is -0.780 e. The normalized spacial score (nSPS) is 29.4. The number of aryl methyl sites for hydroxylation is 4. The van der Waals surface area contributed by atoms with Crippen LogP contribution in [0, 0.1) is 27.7 Å². The Hall–Kier alpha value is -5.87. The zero-order valence-corrected chi connectivity index (χ0v) is 75.9. The number of H-pyrrole nitrogens is 5. The number of rotatable bonds is 35. The van der Waals surface area contributed by atoms with E-state index in [1.54, 1.807) is 11.5 Å². The average Bonchev–Trinajstić information content (AvgIpc) is 1.64. The smallest absolute Gasteiger partial charge is 0.330 e. The van der Waals surface area contributed by atoms with Gasteiger partial charge in [0.1, 0.15) is 113 Å². The third-order valence-corrected chi connectivity index (χ3v) is 30.1. The molecule has 14 heterocycles. The first-order valence-corrected chi connectivity index (χ1v) is 52.8. The Kier molecular flexibility index (Phi) is 29.1. The van der Waals surface area contributed by atoms with Crippen molar-refractivity contribution in [2.24, 2.45) is 0 Å². The van der Waals surface area contributed by atoms with Gasteiger partial charge in [-0.15, -0.1) is 0 Å². The summed E-state index contributed by atoms with van der Waals surface area (Å²) in [5, 5.41) is 0. The van der Waals surface area contributed by atoms with Crippen molar-refractivity contribution >= 4 is 146 Å². The molecule has 6 saturated heterocycles. The topological polar surface area (TPSA) is 677 Å². The molecule has 24 atom stereocenters. The fourth-order valence-corrected chi connectivity index (χ4v) is 22.7. The number of ether oxygens (including phenoxy) is 6. The Morgan fingerprint density at radius 3 is 1.06 bits per heavy atom. The highest BCUT2D eigenvalue weighted by atomic mass is 32.7. The molecular formula is C62H76N18O33P6S6-6. The second kappa shape index (κ2) is 38.1. The van der Waals surface area contributed by atoms with Crippen LogP contribution in [-0.4, -0.2) is 191 Å². The van der Waals surface area contributed by atoms with Gasteiger partial charge < -0.3 is 131 Å². The van der Waals surface area contributed by atoms with Crippen molar-refractivity contribution in [1.29, 1.82) is 0 Å². The highest BCUT2D eigenvalue weighted by Crippen LogP contribution is 2.56. The molecule has 51 nitrogen and oxygen atoms in total. The minimum absolute atomic E-state index is 0.00898. The number of hydrogen-bond acceptors (Lipinski definition) is 46. The van der Waals surface area contributed by atoms with Crippen molar-refractivity contribution in [2.75, 3.05) is 51.6 Å². The lowest BCUT2D eigenvalue weighted by Gasteiger charge is -2.36. The second-order valence-electron chi connectivity index (χ2n) is 29.1. The number of aromatic amines is 5. The number of anilines is 2. The van der Waals surface area contributed by atoms with Gasteiger partial charge in [-0.25, -0.2) is 39.1 Å². The summed E-state index contributed by atoms with van der Waals surface area (Å²) in [5.74, 6) is -0.215. The molecule has 0 aliphatic carbocycles. The fourth-order valence-electron chi connectivity index (χ4n) is 14.5. The summed E-state index contributed by atoms with van der Waals surface area (Å²) in [7, 11) is 1.02. The van der Waals surface area contributed by atoms with Gasteiger partial charge in [-0.1, -0.05) is 66.0 Å². The van der Waals surface area contributed by atoms with Crippen molar-refractivity contribution < 1.29 is 112 Å². The Bertz CT molecular complexity index is 6330. The zero-order chi connectivity index (χ0) is 90.1. The third-order valence-electron chi connectivity index (χ3n) is 20.6. The van der Waals surface area contributed by atoms with Gasteiger partial charge in [0.25, 0.3) is 27.8 Å². The maximum absolute atomic E-state index is 14.8. The third kappa shape index (κ3) is 22.3. The number of nitrogens with zero attached hydrogens (tertiary/aromatic N) is 11. The zero-order valence-electron chi connectivity index (χ0n) is 65.6. The molecule has 0 amide bonds. The molecule has 63 heteroatoms. The summed E-state index contributed by atoms with van der Waals surface area (Å²) in [6, 6.07) is 0. The lowest BCUT2D eigenvalue weighted by atomic mass is 10.1. The summed E-state index contributed by atoms with van der Waals surface area (Å²) in [6.45, 7) is -25.5. The van der Waals surface area contributed by atoms with E-state index in [1.807, 2.05) is 0 Å². The SMILES string of the molecule is CC[C@H]1O[C@@H](n2cnc3c(N)ncnc32)CC1OP([O-])(=S)OC[C@H]1O[C@@H](n2cc(C)c(=O)[nH]c2=O)CC1OP(=O)([S-])OC[C@H]1O[C@@H](n2cc(C)c(=O)[nH]c2=O)CC1OP([O-])(=S)OC[C@H]1O[C@@H](n2cc(C)c(=O)[nH]c2=O)CC1OP([O-])(=S)OC[C@H]1O[C@@H](n2cnc3c(=O)[nH]c(N)nc32)CC1OP([O-])(=S)OC[C@H]1O[C@@H](n2cc(C)c(=O)[nH]c2=O)CC1OP([O-])(=S)OC. The van der Waals surface area contributed by atoms with Gasteiger partial charge in [0, 0.05) is 92.7 Å². The molecule has 0 bridgehead atoms. The van der Waals surface area contributed by atoms with Gasteiger partial charge in [0.2, 0.25) is 5.95 Å². The first-order valence-electron chi connectivity index (χ1n) is 37.4. The molecule has 0 saturated carbocycles. The van der Waals surface area contributed by atoms with E-state index < -0.39 is 247 Å². The summed E-state index contributed by atoms with van der Waals surface area (Å²) in [5.41, 5.74) is 4.91. The number of aromatic nitrogens is 16. The maximum atomic E-state index is 14.8. The predicted molar refractivity (Wildman–Crippen MR) is 440 cm³/mol. The van der Waals surface area contributed by atoms with Crippen LogP contribution in [-0.2, 0) is 159 Å². The van der Waals surface area contributed by atoms with E-state index in [2.05, 4.69) is 49.8 Å². The first kappa shape index (κ1) is 95.2. The van der Waals surface area contributed by atoms with E-state index in [4.69, 9.17) is 165 Å². The number of fused-ring (bicyclic) bond motifs is 2. The van der Waals surface area contributed by atoms with Crippen molar-refractivity contribution in [3.05, 3.63) is 160 Å². The first-order chi connectivity index (χ1) is 58.8. The summed E-state index contributed by atoms with van der Waals surface area (Å²) in [6.07, 6.45) is -17.2. The molecule has 0 radical (unpaired) electrons. The Balaban J connectivity index is 0.670. The summed E-state index contributed by atoms with van der Waals surface area (Å²) >= 11 is 32.2. The van der Waals surface area contributed by atoms with E-state index >= 15 is 0 Å². The lowest BCUT2D eigenvalue weighted by molar-refractivity contribution is -0.221. The maximum Gasteiger partial charge on any atom is 0.330 e. The quantitative estimate of drug-likeness (QED) is 0.0157. The summed E-state index contributed by atoms with van der Waals surface area (Å²) in [4.78, 5) is 219. The standard InChI is InChI=1S/C62H82N18O33P6S6/c1-7-30-31(8-46(102-30)79-24-67-48-50(63)65-23-66-51(48)79)109-115(91,121)97-19-38-33(10-43(104-38)76-15-27(3)54(82)72-60(76)87)110-116(92,122)99-20-39-34(11-44(105-39)77-16-28(4)55(83)73-61(77)88)111-117(93,123)100-21-40-35(12-45(106-40)78-17-29(5)56(84)74-62(78)89)112-118(94,124)101-22-41-36(13-47(107-41)80-25-68-49-52(80)69-58(64)70-57(49)85)113-119(95,125)98-18-37-32(108-114(90,120)96-6)9-42(103-37)75-14-26(2)53(81)71-59(75)86/h14-17,23-25,30-47H,7-13,18-22H2,1-6H3,(H,90,120)(H,91,121)(H,92,122)(H,93,123)(H,94,124)(H,95,125)(H2,63,65,66)(H,71,81,86)(H,72,82,87)(H,73,83,88)(H,74,84,89)(H3,64,69,70,85)/p-6/t30-,31?,32?,33?,34?,35?,36?,37-,38-,39-,40-,41-,42-,43-,44-,45-,46-,47-,114?,115?,116?,117?,118?,119?/m1/s1. The number of nitrogens with one attached hydrogen (secondary N) is 5. The number of nitrogen functional groups attached to an aromatic ring is 2. The van der Waals surface area contributed by atoms with Gasteiger partial charge in [-0.2, -0.15) is 4.98 Å². The van der Waals surface area contributed by atoms with E-state index in [-0.39, 0.29) is 70.9 Å². The molecule has 0 aromatic carbocycles. The molecule has 0 spiro atoms. The van der Waals surface area contributed by atoms with Crippen molar-refractivity contribution in [1.82, 2.24) is 77.2 Å². The van der Waals surface area contributed by atoms with E-state index in [0.29, 0.717) is 17.6 Å². The molecular weight excluding hydrogens is 1900 g/mol. The highest BCUT2D eigenvalue weighted by Gasteiger charge is 2.48. The Morgan fingerprint density at radius 1 is 0.416 bits per heavy atom. The Morgan fingerprint density at radius 2 is 0.712 bits per heavy atom. The van der Waals surface area contributed by atoms with Crippen molar-refractivity contribution in [3.8, 4) is 0 Å². The van der Waals surface area contributed by atoms with Gasteiger partial charge in [-0.3, -0.25) is 80.9 Å². The molecule has 8 aromatic rings. The second-order valence-corrected chi connectivity index (χ2v) is 45.4. The predicted octanol–water partition coefficient (Wildman–Crippen LogP) is -2.69. The van der Waals surface area contributed by atoms with Crippen LogP contribution in [0.3, 0.4) is 0 Å². The molecule has 8 aromatic heterocycles. The van der Waals surface area contributed by atoms with E-state index in [1.165, 1.54) is 57.3 Å².